The lowest BCUT2D eigenvalue weighted by molar-refractivity contribution is -0.384. The van der Waals surface area contributed by atoms with Crippen molar-refractivity contribution in [3.63, 3.8) is 0 Å². The van der Waals surface area contributed by atoms with E-state index in [1.54, 1.807) is 25.6 Å². The standard InChI is InChI=1S/C13H13FN4O3/c1-7-12(8(2)17(3)16-7)15-13(19)10-6-9(18(20)21)4-5-11(10)14/h4-6H,1-3H3,(H,15,19). The van der Waals surface area contributed by atoms with Crippen LogP contribution < -0.4 is 5.32 Å². The molecule has 110 valence electrons. The molecular formula is C13H13FN4O3. The third-order valence-corrected chi connectivity index (χ3v) is 3.15. The summed E-state index contributed by atoms with van der Waals surface area (Å²) < 4.78 is 15.3. The van der Waals surface area contributed by atoms with E-state index in [0.29, 0.717) is 17.1 Å². The van der Waals surface area contributed by atoms with Crippen LogP contribution in [0.3, 0.4) is 0 Å². The van der Waals surface area contributed by atoms with Crippen LogP contribution in [-0.2, 0) is 7.05 Å². The minimum Gasteiger partial charge on any atom is -0.319 e. The van der Waals surface area contributed by atoms with E-state index in [4.69, 9.17) is 0 Å². The molecule has 0 atom stereocenters. The average molecular weight is 292 g/mol. The average Bonchev–Trinajstić information content (AvgIpc) is 2.65. The number of hydrogen-bond acceptors (Lipinski definition) is 4. The Hall–Kier alpha value is -2.77. The molecule has 0 aliphatic carbocycles. The number of aromatic nitrogens is 2. The highest BCUT2D eigenvalue weighted by molar-refractivity contribution is 6.05. The quantitative estimate of drug-likeness (QED) is 0.694. The van der Waals surface area contributed by atoms with Crippen molar-refractivity contribution in [3.05, 3.63) is 51.1 Å². The molecule has 2 rings (SSSR count). The van der Waals surface area contributed by atoms with Crippen molar-refractivity contribution in [2.24, 2.45) is 7.05 Å². The van der Waals surface area contributed by atoms with Gasteiger partial charge in [-0.3, -0.25) is 19.6 Å². The number of nitrogens with zero attached hydrogens (tertiary/aromatic N) is 3. The fraction of sp³-hybridized carbons (Fsp3) is 0.231. The molecule has 1 N–H and O–H groups in total. The van der Waals surface area contributed by atoms with Crippen LogP contribution in [0.4, 0.5) is 15.8 Å². The fourth-order valence-electron chi connectivity index (χ4n) is 1.94. The topological polar surface area (TPSA) is 90.1 Å². The normalized spacial score (nSPS) is 10.5. The number of anilines is 1. The molecule has 1 amide bonds. The van der Waals surface area contributed by atoms with Crippen molar-refractivity contribution in [1.29, 1.82) is 0 Å². The van der Waals surface area contributed by atoms with Crippen molar-refractivity contribution in [2.45, 2.75) is 13.8 Å². The maximum Gasteiger partial charge on any atom is 0.270 e. The molecule has 0 unspecified atom stereocenters. The summed E-state index contributed by atoms with van der Waals surface area (Å²) in [5.41, 5.74) is 1.02. The zero-order valence-electron chi connectivity index (χ0n) is 11.7. The van der Waals surface area contributed by atoms with E-state index in [-0.39, 0.29) is 11.3 Å². The molecule has 0 aliphatic heterocycles. The Labute approximate surface area is 119 Å². The summed E-state index contributed by atoms with van der Waals surface area (Å²) in [6.45, 7) is 3.45. The Morgan fingerprint density at radius 3 is 2.62 bits per heavy atom. The summed E-state index contributed by atoms with van der Waals surface area (Å²) in [6, 6.07) is 2.81. The van der Waals surface area contributed by atoms with Crippen LogP contribution in [0.5, 0.6) is 0 Å². The summed E-state index contributed by atoms with van der Waals surface area (Å²) in [7, 11) is 1.71. The molecule has 0 bridgehead atoms. The zero-order chi connectivity index (χ0) is 15.7. The summed E-state index contributed by atoms with van der Waals surface area (Å²) in [5, 5.41) is 17.4. The minimum atomic E-state index is -0.822. The number of hydrogen-bond donors (Lipinski definition) is 1. The van der Waals surface area contributed by atoms with E-state index >= 15 is 0 Å². The van der Waals surface area contributed by atoms with Crippen LogP contribution in [0.1, 0.15) is 21.7 Å². The number of benzene rings is 1. The van der Waals surface area contributed by atoms with Crippen LogP contribution in [0, 0.1) is 29.8 Å². The first kappa shape index (κ1) is 14.6. The van der Waals surface area contributed by atoms with Crippen LogP contribution in [0.2, 0.25) is 0 Å². The van der Waals surface area contributed by atoms with Gasteiger partial charge in [0.25, 0.3) is 11.6 Å². The lowest BCUT2D eigenvalue weighted by Crippen LogP contribution is -2.15. The molecule has 0 saturated carbocycles. The second-order valence-corrected chi connectivity index (χ2v) is 4.54. The highest BCUT2D eigenvalue weighted by Crippen LogP contribution is 2.22. The van der Waals surface area contributed by atoms with E-state index in [0.717, 1.165) is 18.2 Å². The Bertz CT molecular complexity index is 739. The number of nitro benzene ring substituents is 1. The number of rotatable bonds is 3. The predicted molar refractivity (Wildman–Crippen MR) is 73.7 cm³/mol. The van der Waals surface area contributed by atoms with Gasteiger partial charge in [0.05, 0.1) is 27.6 Å². The molecule has 7 nitrogen and oxygen atoms in total. The zero-order valence-corrected chi connectivity index (χ0v) is 11.7. The molecule has 1 aromatic heterocycles. The SMILES string of the molecule is Cc1nn(C)c(C)c1NC(=O)c1cc([N+](=O)[O-])ccc1F. The van der Waals surface area contributed by atoms with E-state index in [1.807, 2.05) is 0 Å². The molecule has 0 fully saturated rings. The molecule has 21 heavy (non-hydrogen) atoms. The van der Waals surface area contributed by atoms with Gasteiger partial charge >= 0.3 is 0 Å². The third-order valence-electron chi connectivity index (χ3n) is 3.15. The molecule has 1 aromatic carbocycles. The Kier molecular flexibility index (Phi) is 3.70. The maximum atomic E-state index is 13.7. The highest BCUT2D eigenvalue weighted by atomic mass is 19.1. The Morgan fingerprint density at radius 1 is 1.43 bits per heavy atom. The second kappa shape index (κ2) is 5.31. The second-order valence-electron chi connectivity index (χ2n) is 4.54. The highest BCUT2D eigenvalue weighted by Gasteiger charge is 2.19. The number of non-ortho nitro benzene ring substituents is 1. The van der Waals surface area contributed by atoms with Gasteiger partial charge in [0.15, 0.2) is 0 Å². The lowest BCUT2D eigenvalue weighted by atomic mass is 10.1. The van der Waals surface area contributed by atoms with Crippen molar-refractivity contribution < 1.29 is 14.1 Å². The summed E-state index contributed by atoms with van der Waals surface area (Å²) in [4.78, 5) is 22.1. The van der Waals surface area contributed by atoms with E-state index in [1.165, 1.54) is 0 Å². The van der Waals surface area contributed by atoms with E-state index in [9.17, 15) is 19.3 Å². The number of nitrogens with one attached hydrogen (secondary N) is 1. The van der Waals surface area contributed by atoms with Crippen LogP contribution in [0.25, 0.3) is 0 Å². The number of nitro groups is 1. The smallest absolute Gasteiger partial charge is 0.270 e. The van der Waals surface area contributed by atoms with E-state index in [2.05, 4.69) is 10.4 Å². The van der Waals surface area contributed by atoms with Gasteiger partial charge in [0.1, 0.15) is 5.82 Å². The maximum absolute atomic E-state index is 13.7. The minimum absolute atomic E-state index is 0.346. The van der Waals surface area contributed by atoms with Crippen molar-refractivity contribution >= 4 is 17.3 Å². The van der Waals surface area contributed by atoms with Gasteiger partial charge < -0.3 is 5.32 Å². The first-order valence-corrected chi connectivity index (χ1v) is 6.06. The molecular weight excluding hydrogens is 279 g/mol. The Balaban J connectivity index is 2.36. The number of amides is 1. The molecule has 0 spiro atoms. The van der Waals surface area contributed by atoms with Gasteiger partial charge in [-0.05, 0) is 19.9 Å². The number of carbonyl (C=O) groups is 1. The van der Waals surface area contributed by atoms with Gasteiger partial charge in [-0.2, -0.15) is 5.10 Å². The van der Waals surface area contributed by atoms with Crippen LogP contribution in [-0.4, -0.2) is 20.6 Å². The molecule has 1 heterocycles. The third kappa shape index (κ3) is 2.73. The van der Waals surface area contributed by atoms with Crippen LogP contribution in [0.15, 0.2) is 18.2 Å². The van der Waals surface area contributed by atoms with Gasteiger partial charge in [-0.25, -0.2) is 4.39 Å². The lowest BCUT2D eigenvalue weighted by Gasteiger charge is -2.06. The van der Waals surface area contributed by atoms with Gasteiger partial charge in [0, 0.05) is 19.2 Å². The molecule has 0 aliphatic rings. The predicted octanol–water partition coefficient (Wildman–Crippen LogP) is 2.34. The molecule has 8 heteroatoms. The van der Waals surface area contributed by atoms with Crippen molar-refractivity contribution in [2.75, 3.05) is 5.32 Å². The van der Waals surface area contributed by atoms with Gasteiger partial charge in [0.2, 0.25) is 0 Å². The van der Waals surface area contributed by atoms with Crippen LogP contribution >= 0.6 is 0 Å². The monoisotopic (exact) mass is 292 g/mol. The van der Waals surface area contributed by atoms with Crippen molar-refractivity contribution in [1.82, 2.24) is 9.78 Å². The first-order valence-electron chi connectivity index (χ1n) is 6.06. The van der Waals surface area contributed by atoms with Gasteiger partial charge in [-0.15, -0.1) is 0 Å². The molecule has 0 radical (unpaired) electrons. The first-order chi connectivity index (χ1) is 9.81. The number of aryl methyl sites for hydroxylation is 2. The largest absolute Gasteiger partial charge is 0.319 e. The van der Waals surface area contributed by atoms with Gasteiger partial charge in [-0.1, -0.05) is 0 Å². The van der Waals surface area contributed by atoms with E-state index < -0.39 is 16.6 Å². The fourth-order valence-corrected chi connectivity index (χ4v) is 1.94. The van der Waals surface area contributed by atoms with Crippen molar-refractivity contribution in [3.8, 4) is 0 Å². The number of halogens is 1. The summed E-state index contributed by atoms with van der Waals surface area (Å²) in [6.07, 6.45) is 0. The Morgan fingerprint density at radius 2 is 2.10 bits per heavy atom. The number of carbonyl (C=O) groups excluding carboxylic acids is 1. The summed E-state index contributed by atoms with van der Waals surface area (Å²) >= 11 is 0. The molecule has 0 saturated heterocycles. The molecule has 2 aromatic rings. The summed E-state index contributed by atoms with van der Waals surface area (Å²) in [5.74, 6) is -1.58.